The monoisotopic (exact) mass is 462 g/mol. The predicted molar refractivity (Wildman–Crippen MR) is 116 cm³/mol. The van der Waals surface area contributed by atoms with Gasteiger partial charge in [0.05, 0.1) is 35.9 Å². The van der Waals surface area contributed by atoms with Gasteiger partial charge >= 0.3 is 0 Å². The second kappa shape index (κ2) is 9.16. The molecule has 0 atom stereocenters. The normalized spacial score (nSPS) is 16.4. The average molecular weight is 463 g/mol. The smallest absolute Gasteiger partial charge is 0.264 e. The first-order valence-electron chi connectivity index (χ1n) is 8.48. The van der Waals surface area contributed by atoms with Crippen LogP contribution in [-0.4, -0.2) is 31.9 Å². The average Bonchev–Trinajstić information content (AvgIpc) is 3.01. The van der Waals surface area contributed by atoms with Crippen LogP contribution < -0.4 is 19.5 Å². The number of amides is 1. The number of nitrogens with one attached hydrogen (secondary N) is 1. The van der Waals surface area contributed by atoms with Crippen molar-refractivity contribution in [1.29, 1.82) is 0 Å². The number of ether oxygens (including phenoxy) is 3. The Hall–Kier alpha value is -2.45. The molecular formula is C20H19BrN2O4S. The molecule has 3 rings (SSSR count). The fraction of sp³-hybridized carbons (Fsp3) is 0.200. The highest BCUT2D eigenvalue weighted by Crippen LogP contribution is 2.38. The van der Waals surface area contributed by atoms with Gasteiger partial charge in [0.1, 0.15) is 5.75 Å². The summed E-state index contributed by atoms with van der Waals surface area (Å²) in [7, 11) is 3.20. The van der Waals surface area contributed by atoms with Crippen LogP contribution in [0.1, 0.15) is 12.5 Å². The van der Waals surface area contributed by atoms with Gasteiger partial charge in [-0.3, -0.25) is 4.79 Å². The molecule has 1 fully saturated rings. The lowest BCUT2D eigenvalue weighted by Crippen LogP contribution is -2.19. The van der Waals surface area contributed by atoms with E-state index in [1.807, 2.05) is 43.3 Å². The third-order valence-corrected chi connectivity index (χ3v) is 5.29. The summed E-state index contributed by atoms with van der Waals surface area (Å²) in [5, 5.41) is 3.31. The highest BCUT2D eigenvalue weighted by Gasteiger charge is 2.24. The lowest BCUT2D eigenvalue weighted by molar-refractivity contribution is -0.115. The van der Waals surface area contributed by atoms with Crippen molar-refractivity contribution in [2.45, 2.75) is 6.92 Å². The Morgan fingerprint density at radius 1 is 1.18 bits per heavy atom. The van der Waals surface area contributed by atoms with E-state index in [0.29, 0.717) is 28.2 Å². The van der Waals surface area contributed by atoms with E-state index in [9.17, 15) is 4.79 Å². The summed E-state index contributed by atoms with van der Waals surface area (Å²) in [5.74, 6) is 1.79. The van der Waals surface area contributed by atoms with Crippen molar-refractivity contribution in [2.75, 3.05) is 20.8 Å². The second-order valence-corrected chi connectivity index (χ2v) is 7.53. The summed E-state index contributed by atoms with van der Waals surface area (Å²) >= 11 is 4.77. The fourth-order valence-corrected chi connectivity index (χ4v) is 4.00. The van der Waals surface area contributed by atoms with E-state index < -0.39 is 0 Å². The molecule has 0 aliphatic carbocycles. The van der Waals surface area contributed by atoms with Gasteiger partial charge in [0.25, 0.3) is 5.91 Å². The topological polar surface area (TPSA) is 69.2 Å². The molecule has 0 radical (unpaired) electrons. The first kappa shape index (κ1) is 20.3. The van der Waals surface area contributed by atoms with Crippen LogP contribution in [0, 0.1) is 0 Å². The number of amidine groups is 1. The molecule has 28 heavy (non-hydrogen) atoms. The van der Waals surface area contributed by atoms with Crippen LogP contribution in [0.2, 0.25) is 0 Å². The minimum absolute atomic E-state index is 0.192. The molecule has 0 saturated carbocycles. The van der Waals surface area contributed by atoms with E-state index in [-0.39, 0.29) is 5.91 Å². The Bertz CT molecular complexity index is 942. The lowest BCUT2D eigenvalue weighted by atomic mass is 10.2. The standard InChI is InChI=1S/C20H19BrN2O4S/c1-4-27-16-10-12(9-15(21)18(16)26-3)11-17-19(24)23-20(28-17)22-13-5-7-14(25-2)8-6-13/h5-11H,4H2,1-3H3,(H,22,23,24)/b17-11-. The Balaban J connectivity index is 1.85. The van der Waals surface area contributed by atoms with E-state index in [2.05, 4.69) is 26.2 Å². The Labute approximate surface area is 176 Å². The summed E-state index contributed by atoms with van der Waals surface area (Å²) in [6.45, 7) is 2.41. The van der Waals surface area contributed by atoms with Crippen molar-refractivity contribution in [3.63, 3.8) is 0 Å². The number of methoxy groups -OCH3 is 2. The number of thioether (sulfide) groups is 1. The zero-order valence-corrected chi connectivity index (χ0v) is 18.0. The number of halogens is 1. The summed E-state index contributed by atoms with van der Waals surface area (Å²) in [5.41, 5.74) is 1.55. The molecule has 0 bridgehead atoms. The number of hydrogen-bond donors (Lipinski definition) is 1. The van der Waals surface area contributed by atoms with E-state index in [1.165, 1.54) is 11.8 Å². The van der Waals surface area contributed by atoms with Crippen LogP contribution in [0.4, 0.5) is 5.69 Å². The van der Waals surface area contributed by atoms with E-state index in [0.717, 1.165) is 21.5 Å². The fourth-order valence-electron chi connectivity index (χ4n) is 2.54. The molecule has 1 saturated heterocycles. The summed E-state index contributed by atoms with van der Waals surface area (Å²) in [6, 6.07) is 11.0. The zero-order valence-electron chi connectivity index (χ0n) is 15.6. The molecule has 0 spiro atoms. The van der Waals surface area contributed by atoms with E-state index in [4.69, 9.17) is 14.2 Å². The van der Waals surface area contributed by atoms with Crippen molar-refractivity contribution in [1.82, 2.24) is 5.32 Å². The molecule has 0 aromatic heterocycles. The van der Waals surface area contributed by atoms with Crippen molar-refractivity contribution in [2.24, 2.45) is 4.99 Å². The molecule has 146 valence electrons. The second-order valence-electron chi connectivity index (χ2n) is 5.65. The number of rotatable bonds is 6. The summed E-state index contributed by atoms with van der Waals surface area (Å²) < 4.78 is 16.9. The maximum atomic E-state index is 12.3. The van der Waals surface area contributed by atoms with Gasteiger partial charge in [0.2, 0.25) is 0 Å². The summed E-state index contributed by atoms with van der Waals surface area (Å²) in [4.78, 5) is 17.3. The first-order valence-corrected chi connectivity index (χ1v) is 10.1. The van der Waals surface area contributed by atoms with Crippen molar-refractivity contribution in [3.05, 3.63) is 51.3 Å². The summed E-state index contributed by atoms with van der Waals surface area (Å²) in [6.07, 6.45) is 1.79. The maximum Gasteiger partial charge on any atom is 0.264 e. The molecule has 8 heteroatoms. The maximum absolute atomic E-state index is 12.3. The van der Waals surface area contributed by atoms with Crippen LogP contribution in [0.5, 0.6) is 17.2 Å². The van der Waals surface area contributed by atoms with Crippen LogP contribution in [0.3, 0.4) is 0 Å². The van der Waals surface area contributed by atoms with Gasteiger partial charge in [-0.15, -0.1) is 0 Å². The Kier molecular flexibility index (Phi) is 6.64. The lowest BCUT2D eigenvalue weighted by Gasteiger charge is -2.12. The van der Waals surface area contributed by atoms with Gasteiger partial charge in [-0.25, -0.2) is 4.99 Å². The molecule has 1 aliphatic rings. The molecule has 1 N–H and O–H groups in total. The molecule has 2 aromatic carbocycles. The number of aliphatic imine (C=N–C) groups is 1. The highest BCUT2D eigenvalue weighted by molar-refractivity contribution is 9.10. The van der Waals surface area contributed by atoms with Gasteiger partial charge < -0.3 is 19.5 Å². The van der Waals surface area contributed by atoms with Gasteiger partial charge in [-0.1, -0.05) is 0 Å². The van der Waals surface area contributed by atoms with Crippen LogP contribution >= 0.6 is 27.7 Å². The van der Waals surface area contributed by atoms with Crippen LogP contribution in [0.15, 0.2) is 50.8 Å². The highest BCUT2D eigenvalue weighted by atomic mass is 79.9. The van der Waals surface area contributed by atoms with Gasteiger partial charge in [0.15, 0.2) is 16.7 Å². The predicted octanol–water partition coefficient (Wildman–Crippen LogP) is 4.76. The molecule has 1 heterocycles. The molecule has 1 aliphatic heterocycles. The number of nitrogens with zero attached hydrogens (tertiary/aromatic N) is 1. The molecule has 6 nitrogen and oxygen atoms in total. The van der Waals surface area contributed by atoms with Crippen LogP contribution in [-0.2, 0) is 4.79 Å². The largest absolute Gasteiger partial charge is 0.497 e. The zero-order chi connectivity index (χ0) is 20.1. The minimum Gasteiger partial charge on any atom is -0.497 e. The number of carbonyl (C=O) groups excluding carboxylic acids is 1. The molecule has 2 aromatic rings. The first-order chi connectivity index (χ1) is 13.5. The number of benzene rings is 2. The van der Waals surface area contributed by atoms with Crippen LogP contribution in [0.25, 0.3) is 6.08 Å². The third-order valence-electron chi connectivity index (χ3n) is 3.79. The number of hydrogen-bond acceptors (Lipinski definition) is 6. The van der Waals surface area contributed by atoms with Crippen molar-refractivity contribution < 1.29 is 19.0 Å². The number of carbonyl (C=O) groups is 1. The molecule has 1 amide bonds. The third kappa shape index (κ3) is 4.69. The Morgan fingerprint density at radius 2 is 1.93 bits per heavy atom. The Morgan fingerprint density at radius 3 is 2.57 bits per heavy atom. The van der Waals surface area contributed by atoms with Gasteiger partial charge in [-0.2, -0.15) is 0 Å². The van der Waals surface area contributed by atoms with Crippen molar-refractivity contribution >= 4 is 50.5 Å². The van der Waals surface area contributed by atoms with Gasteiger partial charge in [0, 0.05) is 0 Å². The minimum atomic E-state index is -0.192. The van der Waals surface area contributed by atoms with Crippen molar-refractivity contribution in [3.8, 4) is 17.2 Å². The van der Waals surface area contributed by atoms with E-state index >= 15 is 0 Å². The molecule has 0 unspecified atom stereocenters. The van der Waals surface area contributed by atoms with E-state index in [1.54, 1.807) is 20.3 Å². The SMILES string of the molecule is CCOc1cc(/C=C2\SC(=Nc3ccc(OC)cc3)NC2=O)cc(Br)c1OC. The quantitative estimate of drug-likeness (QED) is 0.626. The van der Waals surface area contributed by atoms with Gasteiger partial charge in [-0.05, 0) is 82.7 Å². The molecular weight excluding hydrogens is 444 g/mol.